The number of nitrogens with one attached hydrogen (secondary N) is 1. The molecule has 10 heteroatoms. The highest BCUT2D eigenvalue weighted by Crippen LogP contribution is 2.39. The molecule has 4 nitrogen and oxygen atoms in total. The fraction of sp³-hybridized carbons (Fsp3) is 0.188. The smallest absolute Gasteiger partial charge is 0.384 e. The molecule has 1 aromatic carbocycles. The highest BCUT2D eigenvalue weighted by Gasteiger charge is 2.41. The van der Waals surface area contributed by atoms with E-state index in [0.717, 1.165) is 11.6 Å². The van der Waals surface area contributed by atoms with Gasteiger partial charge in [0.05, 0.1) is 16.6 Å². The number of allylic oxidation sites excluding steroid dienone is 13. The number of imidazole rings is 1. The number of alkyl halides is 6. The molecule has 1 heterocycles. The van der Waals surface area contributed by atoms with E-state index in [1.54, 1.807) is 60.1 Å². The Hall–Kier alpha value is -4.60. The van der Waals surface area contributed by atoms with Crippen molar-refractivity contribution in [2.45, 2.75) is 38.7 Å². The molecule has 0 unspecified atom stereocenters. The van der Waals surface area contributed by atoms with Crippen molar-refractivity contribution in [2.24, 2.45) is 5.73 Å². The molecule has 3 N–H and O–H groups in total. The van der Waals surface area contributed by atoms with E-state index >= 15 is 0 Å². The van der Waals surface area contributed by atoms with Gasteiger partial charge in [-0.2, -0.15) is 26.3 Å². The van der Waals surface area contributed by atoms with Crippen molar-refractivity contribution in [2.75, 3.05) is 0 Å². The van der Waals surface area contributed by atoms with E-state index in [0.29, 0.717) is 34.2 Å². The third kappa shape index (κ3) is 6.64. The summed E-state index contributed by atoms with van der Waals surface area (Å²) in [6.45, 7) is 5.54. The van der Waals surface area contributed by atoms with Crippen molar-refractivity contribution in [3.8, 4) is 0 Å². The van der Waals surface area contributed by atoms with Crippen molar-refractivity contribution < 1.29 is 26.3 Å². The van der Waals surface area contributed by atoms with Gasteiger partial charge in [-0.1, -0.05) is 79.5 Å². The van der Waals surface area contributed by atoms with Gasteiger partial charge in [-0.15, -0.1) is 0 Å². The average Bonchev–Trinajstić information content (AvgIpc) is 3.31. The maximum Gasteiger partial charge on any atom is 0.416 e. The number of benzene rings is 1. The lowest BCUT2D eigenvalue weighted by Gasteiger charge is -2.20. The lowest BCUT2D eigenvalue weighted by molar-refractivity contribution is -0.0970. The third-order valence-electron chi connectivity index (χ3n) is 6.78. The van der Waals surface area contributed by atoms with E-state index < -0.39 is 29.9 Å². The summed E-state index contributed by atoms with van der Waals surface area (Å²) in [6.07, 6.45) is 4.83. The number of nitrogens with zero attached hydrogens (tertiary/aromatic N) is 2. The van der Waals surface area contributed by atoms with Gasteiger partial charge in [0.15, 0.2) is 0 Å². The standard InChI is InChI=1S/C32H28F6N4/c1-3-5-9-21(4-2)27-28(22-10-7-6-8-11-22)42(19-20-12-14-23(15-13-20)29(39)40)30(41-27)24-16-25(31(33,34)35)18-26(17-24)32(36,37)38/h3-10,12-16,18H,1,11,17,19H2,2H3,(H3,39,40)/b9-5-,21-4+,28-22?,30-24?. The number of hydrogen-bond donors (Lipinski definition) is 2. The molecule has 0 saturated carbocycles. The van der Waals surface area contributed by atoms with Crippen molar-refractivity contribution in [3.63, 3.8) is 0 Å². The maximum absolute atomic E-state index is 13.9. The van der Waals surface area contributed by atoms with Gasteiger partial charge in [0.2, 0.25) is 0 Å². The van der Waals surface area contributed by atoms with Crippen molar-refractivity contribution in [1.82, 2.24) is 9.55 Å². The molecule has 4 rings (SSSR count). The predicted molar refractivity (Wildman–Crippen MR) is 154 cm³/mol. The molecule has 0 saturated heterocycles. The first-order valence-corrected chi connectivity index (χ1v) is 13.0. The zero-order valence-corrected chi connectivity index (χ0v) is 22.7. The van der Waals surface area contributed by atoms with Crippen LogP contribution in [0.2, 0.25) is 0 Å². The van der Waals surface area contributed by atoms with Crippen LogP contribution in [-0.2, 0) is 6.54 Å². The van der Waals surface area contributed by atoms with Crippen molar-refractivity contribution in [3.05, 3.63) is 130 Å². The van der Waals surface area contributed by atoms with E-state index in [2.05, 4.69) is 6.58 Å². The first-order valence-electron chi connectivity index (χ1n) is 13.0. The summed E-state index contributed by atoms with van der Waals surface area (Å²) in [6, 6.07) is 6.69. The molecule has 1 aromatic heterocycles. The van der Waals surface area contributed by atoms with E-state index in [1.165, 1.54) is 0 Å². The molecule has 2 aliphatic carbocycles. The molecule has 0 bridgehead atoms. The normalized spacial score (nSPS) is 18.8. The van der Waals surface area contributed by atoms with Crippen LogP contribution in [0, 0.1) is 5.41 Å². The number of nitrogens with two attached hydrogens (primary N) is 1. The zero-order valence-electron chi connectivity index (χ0n) is 22.7. The molecular formula is C32H28F6N4. The number of hydrogen-bond acceptors (Lipinski definition) is 2. The quantitative estimate of drug-likeness (QED) is 0.175. The van der Waals surface area contributed by atoms with Crippen LogP contribution < -0.4 is 16.6 Å². The predicted octanol–water partition coefficient (Wildman–Crippen LogP) is 6.56. The van der Waals surface area contributed by atoms with Crippen LogP contribution in [0.25, 0.3) is 16.7 Å². The Morgan fingerprint density at radius 1 is 1.05 bits per heavy atom. The molecule has 0 radical (unpaired) electrons. The largest absolute Gasteiger partial charge is 0.416 e. The molecule has 2 aliphatic rings. The van der Waals surface area contributed by atoms with E-state index in [1.807, 2.05) is 24.3 Å². The Bertz CT molecular complexity index is 1700. The van der Waals surface area contributed by atoms with Crippen molar-refractivity contribution in [1.29, 1.82) is 5.41 Å². The van der Waals surface area contributed by atoms with Crippen LogP contribution >= 0.6 is 0 Å². The molecule has 0 atom stereocenters. The summed E-state index contributed by atoms with van der Waals surface area (Å²) in [4.78, 5) is 4.74. The summed E-state index contributed by atoms with van der Waals surface area (Å²) in [5, 5.41) is 8.23. The first kappa shape index (κ1) is 30.4. The lowest BCUT2D eigenvalue weighted by Crippen LogP contribution is -2.33. The van der Waals surface area contributed by atoms with Crippen LogP contribution in [0.15, 0.2) is 103 Å². The minimum atomic E-state index is -5.00. The maximum atomic E-state index is 13.9. The second-order valence-corrected chi connectivity index (χ2v) is 9.65. The lowest BCUT2D eigenvalue weighted by atomic mass is 9.94. The highest BCUT2D eigenvalue weighted by molar-refractivity contribution is 5.94. The first-order chi connectivity index (χ1) is 19.8. The molecular weight excluding hydrogens is 554 g/mol. The number of rotatable bonds is 6. The third-order valence-corrected chi connectivity index (χ3v) is 6.78. The highest BCUT2D eigenvalue weighted by atomic mass is 19.4. The molecule has 218 valence electrons. The molecule has 0 fully saturated rings. The van der Waals surface area contributed by atoms with Gasteiger partial charge in [0, 0.05) is 29.7 Å². The molecule has 42 heavy (non-hydrogen) atoms. The van der Waals surface area contributed by atoms with Crippen molar-refractivity contribution >= 4 is 22.6 Å². The molecule has 0 spiro atoms. The number of aromatic nitrogens is 2. The summed E-state index contributed by atoms with van der Waals surface area (Å²) in [7, 11) is 0. The summed E-state index contributed by atoms with van der Waals surface area (Å²) in [5.41, 5.74) is 5.66. The minimum Gasteiger partial charge on any atom is -0.384 e. The Morgan fingerprint density at radius 3 is 2.31 bits per heavy atom. The summed E-state index contributed by atoms with van der Waals surface area (Å²) < 4.78 is 84.8. The summed E-state index contributed by atoms with van der Waals surface area (Å²) in [5.74, 6) is -0.136. The minimum absolute atomic E-state index is 0.00551. The average molecular weight is 583 g/mol. The Labute approximate surface area is 238 Å². The second-order valence-electron chi connectivity index (χ2n) is 9.65. The van der Waals surface area contributed by atoms with Gasteiger partial charge in [-0.25, -0.2) is 4.98 Å². The molecule has 0 aliphatic heterocycles. The fourth-order valence-electron chi connectivity index (χ4n) is 4.74. The Kier molecular flexibility index (Phi) is 8.75. The van der Waals surface area contributed by atoms with E-state index in [-0.39, 0.29) is 29.5 Å². The topological polar surface area (TPSA) is 67.7 Å². The fourth-order valence-corrected chi connectivity index (χ4v) is 4.74. The van der Waals surface area contributed by atoms with Gasteiger partial charge in [-0.3, -0.25) is 5.41 Å². The number of nitrogen functional groups attached to an aromatic ring is 1. The van der Waals surface area contributed by atoms with Crippen LogP contribution in [0.4, 0.5) is 26.3 Å². The van der Waals surface area contributed by atoms with Gasteiger partial charge >= 0.3 is 12.4 Å². The van der Waals surface area contributed by atoms with Gasteiger partial charge in [0.1, 0.15) is 11.3 Å². The number of amidine groups is 1. The number of halogens is 6. The van der Waals surface area contributed by atoms with Gasteiger partial charge in [0.25, 0.3) is 0 Å². The van der Waals surface area contributed by atoms with Gasteiger partial charge < -0.3 is 10.3 Å². The SMILES string of the molecule is C=C/C=C\C(=C/C)c1nc(=C2C=C(C(F)(F)F)C=C(C(F)(F)F)C2)n(Cc2ccc(C(=N)N)cc2)c1=C1C=CC=CC1. The Balaban J connectivity index is 2.13. The zero-order chi connectivity index (χ0) is 30.7. The van der Waals surface area contributed by atoms with Gasteiger partial charge in [-0.05, 0) is 42.2 Å². The second kappa shape index (κ2) is 12.1. The summed E-state index contributed by atoms with van der Waals surface area (Å²) >= 11 is 0. The van der Waals surface area contributed by atoms with E-state index in [9.17, 15) is 26.3 Å². The Morgan fingerprint density at radius 2 is 1.76 bits per heavy atom. The van der Waals surface area contributed by atoms with Crippen LogP contribution in [-0.4, -0.2) is 27.7 Å². The van der Waals surface area contributed by atoms with Crippen LogP contribution in [0.3, 0.4) is 0 Å². The molecule has 0 amide bonds. The van der Waals surface area contributed by atoms with E-state index in [4.69, 9.17) is 16.1 Å². The van der Waals surface area contributed by atoms with Crippen LogP contribution in [0.5, 0.6) is 0 Å². The molecule has 2 aromatic rings. The monoisotopic (exact) mass is 582 g/mol. The van der Waals surface area contributed by atoms with Crippen LogP contribution in [0.1, 0.15) is 36.6 Å².